The Labute approximate surface area is 156 Å². The van der Waals surface area contributed by atoms with Crippen molar-refractivity contribution >= 4 is 15.5 Å². The van der Waals surface area contributed by atoms with Crippen LogP contribution in [0.1, 0.15) is 52.0 Å². The highest BCUT2D eigenvalue weighted by Gasteiger charge is 2.34. The summed E-state index contributed by atoms with van der Waals surface area (Å²) in [4.78, 5) is 4.52. The molecule has 3 nitrogen and oxygen atoms in total. The highest BCUT2D eigenvalue weighted by atomic mass is 32.2. The van der Waals surface area contributed by atoms with E-state index in [-0.39, 0.29) is 11.7 Å². The number of benzene rings is 1. The zero-order valence-electron chi connectivity index (χ0n) is 15.8. The quantitative estimate of drug-likeness (QED) is 0.771. The maximum atomic E-state index is 13.9. The SMILES string of the molecule is CC(C)(C)S(=O)(=O)CC1CCC(C2=CC(c3ccccc3F)=NC2)CC1. The second-order valence-corrected chi connectivity index (χ2v) is 11.3. The molecule has 0 aromatic heterocycles. The van der Waals surface area contributed by atoms with Crippen molar-refractivity contribution in [3.8, 4) is 0 Å². The van der Waals surface area contributed by atoms with Crippen LogP contribution in [-0.2, 0) is 9.84 Å². The zero-order chi connectivity index (χ0) is 18.9. The summed E-state index contributed by atoms with van der Waals surface area (Å²) in [5.41, 5.74) is 2.56. The van der Waals surface area contributed by atoms with Gasteiger partial charge in [0.1, 0.15) is 5.82 Å². The highest BCUT2D eigenvalue weighted by Crippen LogP contribution is 2.36. The van der Waals surface area contributed by atoms with E-state index in [1.807, 2.05) is 12.1 Å². The van der Waals surface area contributed by atoms with Crippen molar-refractivity contribution in [2.75, 3.05) is 12.3 Å². The Morgan fingerprint density at radius 3 is 2.38 bits per heavy atom. The van der Waals surface area contributed by atoms with E-state index in [0.717, 1.165) is 31.4 Å². The lowest BCUT2D eigenvalue weighted by Gasteiger charge is -2.31. The predicted octanol–water partition coefficient (Wildman–Crippen LogP) is 4.57. The largest absolute Gasteiger partial charge is 0.280 e. The number of hydrogen-bond acceptors (Lipinski definition) is 3. The van der Waals surface area contributed by atoms with Gasteiger partial charge in [0.25, 0.3) is 0 Å². The van der Waals surface area contributed by atoms with E-state index in [1.165, 1.54) is 11.6 Å². The van der Waals surface area contributed by atoms with E-state index in [9.17, 15) is 12.8 Å². The lowest BCUT2D eigenvalue weighted by molar-refractivity contribution is 0.319. The molecule has 2 aliphatic rings. The van der Waals surface area contributed by atoms with Gasteiger partial charge in [0.15, 0.2) is 9.84 Å². The first-order chi connectivity index (χ1) is 12.2. The van der Waals surface area contributed by atoms with Crippen molar-refractivity contribution < 1.29 is 12.8 Å². The molecule has 0 radical (unpaired) electrons. The Morgan fingerprint density at radius 1 is 1.12 bits per heavy atom. The average molecular weight is 378 g/mol. The van der Waals surface area contributed by atoms with Crippen LogP contribution in [0.3, 0.4) is 0 Å². The minimum absolute atomic E-state index is 0.236. The fourth-order valence-electron chi connectivity index (χ4n) is 3.78. The number of halogens is 1. The monoisotopic (exact) mass is 377 g/mol. The molecule has 1 fully saturated rings. The Kier molecular flexibility index (Phi) is 5.38. The molecule has 5 heteroatoms. The Balaban J connectivity index is 1.60. The first kappa shape index (κ1) is 19.3. The van der Waals surface area contributed by atoms with Crippen molar-refractivity contribution in [1.82, 2.24) is 0 Å². The molecule has 3 rings (SSSR count). The topological polar surface area (TPSA) is 46.5 Å². The summed E-state index contributed by atoms with van der Waals surface area (Å²) in [7, 11) is -3.06. The number of sulfone groups is 1. The van der Waals surface area contributed by atoms with E-state index in [2.05, 4.69) is 4.99 Å². The van der Waals surface area contributed by atoms with E-state index in [1.54, 1.807) is 32.9 Å². The molecule has 0 spiro atoms. The van der Waals surface area contributed by atoms with Gasteiger partial charge in [0, 0.05) is 5.56 Å². The first-order valence-electron chi connectivity index (χ1n) is 9.39. The molecule has 1 aromatic carbocycles. The van der Waals surface area contributed by atoms with Gasteiger partial charge in [-0.25, -0.2) is 12.8 Å². The molecule has 0 bridgehead atoms. The molecule has 1 aromatic rings. The summed E-state index contributed by atoms with van der Waals surface area (Å²) < 4.78 is 38.1. The Morgan fingerprint density at radius 2 is 1.77 bits per heavy atom. The van der Waals surface area contributed by atoms with Crippen LogP contribution in [0.25, 0.3) is 0 Å². The van der Waals surface area contributed by atoms with Gasteiger partial charge in [-0.05, 0) is 82.1 Å². The molecule has 0 saturated heterocycles. The maximum absolute atomic E-state index is 13.9. The molecule has 142 valence electrons. The van der Waals surface area contributed by atoms with E-state index < -0.39 is 14.6 Å². The lowest BCUT2D eigenvalue weighted by Crippen LogP contribution is -2.34. The Bertz CT molecular complexity index is 826. The molecule has 1 aliphatic carbocycles. The van der Waals surface area contributed by atoms with Crippen molar-refractivity contribution in [2.24, 2.45) is 16.8 Å². The van der Waals surface area contributed by atoms with Crippen LogP contribution >= 0.6 is 0 Å². The maximum Gasteiger partial charge on any atom is 0.155 e. The van der Waals surface area contributed by atoms with Crippen LogP contribution in [0.2, 0.25) is 0 Å². The summed E-state index contributed by atoms with van der Waals surface area (Å²) in [6.45, 7) is 5.97. The minimum Gasteiger partial charge on any atom is -0.280 e. The lowest BCUT2D eigenvalue weighted by atomic mass is 9.79. The van der Waals surface area contributed by atoms with E-state index in [4.69, 9.17) is 0 Å². The van der Waals surface area contributed by atoms with Crippen molar-refractivity contribution in [3.63, 3.8) is 0 Å². The molecule has 0 N–H and O–H groups in total. The summed E-state index contributed by atoms with van der Waals surface area (Å²) in [6, 6.07) is 6.74. The van der Waals surface area contributed by atoms with Crippen LogP contribution < -0.4 is 0 Å². The third kappa shape index (κ3) is 4.08. The average Bonchev–Trinajstić information content (AvgIpc) is 3.04. The van der Waals surface area contributed by atoms with Gasteiger partial charge in [-0.1, -0.05) is 12.1 Å². The van der Waals surface area contributed by atoms with Gasteiger partial charge in [-0.15, -0.1) is 0 Å². The van der Waals surface area contributed by atoms with Crippen LogP contribution in [0.5, 0.6) is 0 Å². The number of allylic oxidation sites excluding steroid dienone is 1. The summed E-state index contributed by atoms with van der Waals surface area (Å²) in [5.74, 6) is 0.750. The van der Waals surface area contributed by atoms with Crippen LogP contribution in [0, 0.1) is 17.7 Å². The number of rotatable bonds is 4. The van der Waals surface area contributed by atoms with Gasteiger partial charge in [-0.3, -0.25) is 4.99 Å². The van der Waals surface area contributed by atoms with E-state index >= 15 is 0 Å². The van der Waals surface area contributed by atoms with Gasteiger partial charge < -0.3 is 0 Å². The molecule has 26 heavy (non-hydrogen) atoms. The van der Waals surface area contributed by atoms with Crippen molar-refractivity contribution in [2.45, 2.75) is 51.2 Å². The van der Waals surface area contributed by atoms with Gasteiger partial charge in [0.05, 0.1) is 22.8 Å². The van der Waals surface area contributed by atoms with Crippen molar-refractivity contribution in [3.05, 3.63) is 47.3 Å². The second kappa shape index (κ2) is 7.26. The second-order valence-electron chi connectivity index (χ2n) is 8.51. The van der Waals surface area contributed by atoms with E-state index in [0.29, 0.717) is 23.8 Å². The normalized spacial score (nSPS) is 24.3. The standard InChI is InChI=1S/C21H28FNO2S/c1-21(2,3)26(24,25)14-15-8-10-16(11-9-15)17-12-20(23-13-17)18-6-4-5-7-19(18)22/h4-7,12,15-16H,8-11,13-14H2,1-3H3. The zero-order valence-corrected chi connectivity index (χ0v) is 16.7. The Hall–Kier alpha value is -1.49. The minimum atomic E-state index is -3.06. The number of aliphatic imine (C=N–C) groups is 1. The molecule has 0 unspecified atom stereocenters. The first-order valence-corrected chi connectivity index (χ1v) is 11.0. The molecular formula is C21H28FNO2S. The fourth-order valence-corrected chi connectivity index (χ4v) is 5.24. The summed E-state index contributed by atoms with van der Waals surface area (Å²) in [6.07, 6.45) is 5.90. The van der Waals surface area contributed by atoms with Gasteiger partial charge in [-0.2, -0.15) is 0 Å². The number of nitrogens with zero attached hydrogens (tertiary/aromatic N) is 1. The van der Waals surface area contributed by atoms with Crippen LogP contribution in [0.4, 0.5) is 4.39 Å². The molecule has 0 atom stereocenters. The highest BCUT2D eigenvalue weighted by molar-refractivity contribution is 7.92. The van der Waals surface area contributed by atoms with Crippen molar-refractivity contribution in [1.29, 1.82) is 0 Å². The van der Waals surface area contributed by atoms with Gasteiger partial charge >= 0.3 is 0 Å². The van der Waals surface area contributed by atoms with Crippen LogP contribution in [-0.4, -0.2) is 31.2 Å². The smallest absolute Gasteiger partial charge is 0.155 e. The predicted molar refractivity (Wildman–Crippen MR) is 105 cm³/mol. The molecule has 1 aliphatic heterocycles. The molecule has 1 saturated carbocycles. The fraction of sp³-hybridized carbons (Fsp3) is 0.571. The summed E-state index contributed by atoms with van der Waals surface area (Å²) >= 11 is 0. The molecule has 0 amide bonds. The number of hydrogen-bond donors (Lipinski definition) is 0. The summed E-state index contributed by atoms with van der Waals surface area (Å²) in [5, 5.41) is 0. The van der Waals surface area contributed by atoms with Crippen LogP contribution in [0.15, 0.2) is 40.9 Å². The molecule has 1 heterocycles. The molecular weight excluding hydrogens is 349 g/mol. The van der Waals surface area contributed by atoms with Gasteiger partial charge in [0.2, 0.25) is 0 Å². The third-order valence-electron chi connectivity index (χ3n) is 5.66. The third-order valence-corrected chi connectivity index (χ3v) is 8.44.